The van der Waals surface area contributed by atoms with Gasteiger partial charge >= 0.3 is 0 Å². The van der Waals surface area contributed by atoms with Gasteiger partial charge in [0.2, 0.25) is 5.91 Å². The van der Waals surface area contributed by atoms with Crippen LogP contribution in [0.2, 0.25) is 0 Å². The fraction of sp³-hybridized carbons (Fsp3) is 0.600. The second kappa shape index (κ2) is 7.00. The molecule has 84 valence electrons. The quantitative estimate of drug-likeness (QED) is 0.623. The van der Waals surface area contributed by atoms with E-state index in [0.29, 0.717) is 13.0 Å². The first-order valence-corrected chi connectivity index (χ1v) is 5.21. The Kier molecular flexibility index (Phi) is 5.47. The maximum atomic E-state index is 11.3. The van der Waals surface area contributed by atoms with E-state index in [-0.39, 0.29) is 5.91 Å². The van der Waals surface area contributed by atoms with Gasteiger partial charge in [-0.3, -0.25) is 9.48 Å². The Morgan fingerprint density at radius 3 is 3.00 bits per heavy atom. The minimum atomic E-state index is 0.109. The van der Waals surface area contributed by atoms with Crippen molar-refractivity contribution in [3.05, 3.63) is 18.5 Å². The van der Waals surface area contributed by atoms with Gasteiger partial charge in [-0.25, -0.2) is 0 Å². The number of aromatic nitrogens is 2. The predicted molar refractivity (Wildman–Crippen MR) is 58.4 cm³/mol. The molecule has 0 bridgehead atoms. The Balaban J connectivity index is 2.02. The van der Waals surface area contributed by atoms with Crippen LogP contribution in [0.1, 0.15) is 12.8 Å². The zero-order valence-electron chi connectivity index (χ0n) is 9.07. The summed E-state index contributed by atoms with van der Waals surface area (Å²) in [5.41, 5.74) is 0. The lowest BCUT2D eigenvalue weighted by Gasteiger charge is -2.05. The van der Waals surface area contributed by atoms with Gasteiger partial charge < -0.3 is 10.6 Å². The van der Waals surface area contributed by atoms with Gasteiger partial charge in [-0.2, -0.15) is 5.10 Å². The molecule has 0 unspecified atom stereocenters. The molecule has 0 aromatic carbocycles. The SMILES string of the molecule is CNCCCC(=O)NCCn1cccn1. The highest BCUT2D eigenvalue weighted by Gasteiger charge is 1.99. The summed E-state index contributed by atoms with van der Waals surface area (Å²) in [6.45, 7) is 2.25. The fourth-order valence-corrected chi connectivity index (χ4v) is 1.26. The lowest BCUT2D eigenvalue weighted by Crippen LogP contribution is -2.27. The molecule has 1 heterocycles. The molecule has 0 aliphatic rings. The molecular weight excluding hydrogens is 192 g/mol. The second-order valence-corrected chi connectivity index (χ2v) is 3.33. The molecular formula is C10H18N4O. The lowest BCUT2D eigenvalue weighted by molar-refractivity contribution is -0.121. The van der Waals surface area contributed by atoms with Crippen LogP contribution in [0.3, 0.4) is 0 Å². The molecule has 0 aliphatic heterocycles. The number of carbonyl (C=O) groups excluding carboxylic acids is 1. The van der Waals surface area contributed by atoms with Crippen molar-refractivity contribution in [2.24, 2.45) is 0 Å². The van der Waals surface area contributed by atoms with Crippen molar-refractivity contribution < 1.29 is 4.79 Å². The van der Waals surface area contributed by atoms with Crippen LogP contribution in [-0.2, 0) is 11.3 Å². The molecule has 0 saturated heterocycles. The second-order valence-electron chi connectivity index (χ2n) is 3.33. The number of hydrogen-bond acceptors (Lipinski definition) is 3. The predicted octanol–water partition coefficient (Wildman–Crippen LogP) is -0.00110. The summed E-state index contributed by atoms with van der Waals surface area (Å²) in [5, 5.41) is 9.90. The molecule has 0 radical (unpaired) electrons. The number of rotatable bonds is 7. The molecule has 0 atom stereocenters. The molecule has 0 spiro atoms. The fourth-order valence-electron chi connectivity index (χ4n) is 1.26. The van der Waals surface area contributed by atoms with Crippen LogP contribution >= 0.6 is 0 Å². The zero-order chi connectivity index (χ0) is 10.9. The van der Waals surface area contributed by atoms with Crippen LogP contribution in [0.25, 0.3) is 0 Å². The Bertz CT molecular complexity index is 271. The maximum absolute atomic E-state index is 11.3. The van der Waals surface area contributed by atoms with Crippen LogP contribution in [-0.4, -0.2) is 35.8 Å². The molecule has 1 amide bonds. The third-order valence-corrected chi connectivity index (χ3v) is 2.05. The van der Waals surface area contributed by atoms with Crippen LogP contribution in [0, 0.1) is 0 Å². The molecule has 1 rings (SSSR count). The monoisotopic (exact) mass is 210 g/mol. The van der Waals surface area contributed by atoms with Crippen molar-refractivity contribution in [3.63, 3.8) is 0 Å². The Labute approximate surface area is 89.9 Å². The van der Waals surface area contributed by atoms with E-state index in [1.807, 2.05) is 19.3 Å². The topological polar surface area (TPSA) is 59.0 Å². The number of nitrogens with zero attached hydrogens (tertiary/aromatic N) is 2. The van der Waals surface area contributed by atoms with Crippen molar-refractivity contribution in [2.45, 2.75) is 19.4 Å². The first-order chi connectivity index (χ1) is 7.33. The number of hydrogen-bond donors (Lipinski definition) is 2. The van der Waals surface area contributed by atoms with E-state index >= 15 is 0 Å². The van der Waals surface area contributed by atoms with E-state index in [1.165, 1.54) is 0 Å². The minimum absolute atomic E-state index is 0.109. The molecule has 0 saturated carbocycles. The van der Waals surface area contributed by atoms with E-state index in [4.69, 9.17) is 0 Å². The normalized spacial score (nSPS) is 10.2. The molecule has 5 nitrogen and oxygen atoms in total. The van der Waals surface area contributed by atoms with Gasteiger partial charge in [0.05, 0.1) is 6.54 Å². The van der Waals surface area contributed by atoms with Crippen molar-refractivity contribution in [1.29, 1.82) is 0 Å². The number of amides is 1. The lowest BCUT2D eigenvalue weighted by atomic mass is 10.3. The molecule has 1 aromatic heterocycles. The highest BCUT2D eigenvalue weighted by Crippen LogP contribution is 1.87. The zero-order valence-corrected chi connectivity index (χ0v) is 9.07. The van der Waals surface area contributed by atoms with Gasteiger partial charge in [0.1, 0.15) is 0 Å². The summed E-state index contributed by atoms with van der Waals surface area (Å²) in [4.78, 5) is 11.3. The minimum Gasteiger partial charge on any atom is -0.354 e. The average molecular weight is 210 g/mol. The largest absolute Gasteiger partial charge is 0.354 e. The maximum Gasteiger partial charge on any atom is 0.220 e. The van der Waals surface area contributed by atoms with Gasteiger partial charge in [0, 0.05) is 25.4 Å². The van der Waals surface area contributed by atoms with E-state index in [0.717, 1.165) is 19.5 Å². The molecule has 1 aromatic rings. The first-order valence-electron chi connectivity index (χ1n) is 5.21. The molecule has 0 aliphatic carbocycles. The van der Waals surface area contributed by atoms with Gasteiger partial charge in [-0.05, 0) is 26.1 Å². The Hall–Kier alpha value is -1.36. The third-order valence-electron chi connectivity index (χ3n) is 2.05. The average Bonchev–Trinajstić information content (AvgIpc) is 2.71. The van der Waals surface area contributed by atoms with Crippen LogP contribution < -0.4 is 10.6 Å². The molecule has 15 heavy (non-hydrogen) atoms. The smallest absolute Gasteiger partial charge is 0.220 e. The third kappa shape index (κ3) is 5.17. The summed E-state index contributed by atoms with van der Waals surface area (Å²) in [6.07, 6.45) is 5.08. The number of carbonyl (C=O) groups is 1. The van der Waals surface area contributed by atoms with Crippen LogP contribution in [0.15, 0.2) is 18.5 Å². The summed E-state index contributed by atoms with van der Waals surface area (Å²) >= 11 is 0. The van der Waals surface area contributed by atoms with Gasteiger partial charge in [0.15, 0.2) is 0 Å². The van der Waals surface area contributed by atoms with Crippen molar-refractivity contribution >= 4 is 5.91 Å². The van der Waals surface area contributed by atoms with E-state index in [2.05, 4.69) is 15.7 Å². The summed E-state index contributed by atoms with van der Waals surface area (Å²) in [7, 11) is 1.88. The van der Waals surface area contributed by atoms with Crippen molar-refractivity contribution in [3.8, 4) is 0 Å². The summed E-state index contributed by atoms with van der Waals surface area (Å²) < 4.78 is 1.80. The highest BCUT2D eigenvalue weighted by molar-refractivity contribution is 5.75. The molecule has 2 N–H and O–H groups in total. The van der Waals surface area contributed by atoms with Crippen LogP contribution in [0.5, 0.6) is 0 Å². The molecule has 5 heteroatoms. The van der Waals surface area contributed by atoms with Gasteiger partial charge in [-0.1, -0.05) is 0 Å². The first kappa shape index (κ1) is 11.7. The standard InChI is InChI=1S/C10H18N4O/c1-11-5-2-4-10(15)12-7-9-14-8-3-6-13-14/h3,6,8,11H,2,4-5,7,9H2,1H3,(H,12,15). The van der Waals surface area contributed by atoms with E-state index in [9.17, 15) is 4.79 Å². The molecule has 0 fully saturated rings. The van der Waals surface area contributed by atoms with Crippen molar-refractivity contribution in [1.82, 2.24) is 20.4 Å². The van der Waals surface area contributed by atoms with Crippen molar-refractivity contribution in [2.75, 3.05) is 20.1 Å². The summed E-state index contributed by atoms with van der Waals surface area (Å²) in [6, 6.07) is 1.87. The highest BCUT2D eigenvalue weighted by atomic mass is 16.1. The Morgan fingerprint density at radius 1 is 1.47 bits per heavy atom. The van der Waals surface area contributed by atoms with E-state index < -0.39 is 0 Å². The van der Waals surface area contributed by atoms with Crippen LogP contribution in [0.4, 0.5) is 0 Å². The van der Waals surface area contributed by atoms with Gasteiger partial charge in [-0.15, -0.1) is 0 Å². The van der Waals surface area contributed by atoms with Gasteiger partial charge in [0.25, 0.3) is 0 Å². The van der Waals surface area contributed by atoms with E-state index in [1.54, 1.807) is 10.9 Å². The Morgan fingerprint density at radius 2 is 2.33 bits per heavy atom. The summed E-state index contributed by atoms with van der Waals surface area (Å²) in [5.74, 6) is 0.109. The number of nitrogens with one attached hydrogen (secondary N) is 2.